The van der Waals surface area contributed by atoms with Crippen molar-refractivity contribution >= 4 is 5.91 Å². The number of carbonyl (C=O) groups excluding carboxylic acids is 1. The van der Waals surface area contributed by atoms with Crippen molar-refractivity contribution in [3.05, 3.63) is 108 Å². The smallest absolute Gasteiger partial charge is 0.268 e. The van der Waals surface area contributed by atoms with Crippen LogP contribution in [-0.2, 0) is 13.1 Å². The predicted molar refractivity (Wildman–Crippen MR) is 122 cm³/mol. The highest BCUT2D eigenvalue weighted by atomic mass is 16.5. The van der Waals surface area contributed by atoms with Gasteiger partial charge in [-0.25, -0.2) is 0 Å². The number of nitrogens with zero attached hydrogens (tertiary/aromatic N) is 2. The summed E-state index contributed by atoms with van der Waals surface area (Å²) in [7, 11) is 1.64. The molecule has 2 heterocycles. The Morgan fingerprint density at radius 2 is 1.74 bits per heavy atom. The van der Waals surface area contributed by atoms with E-state index in [9.17, 15) is 4.79 Å². The lowest BCUT2D eigenvalue weighted by Crippen LogP contribution is -2.25. The average Bonchev–Trinajstić information content (AvgIpc) is 3.24. The molecule has 1 N–H and O–H groups in total. The van der Waals surface area contributed by atoms with E-state index in [1.54, 1.807) is 19.5 Å². The minimum Gasteiger partial charge on any atom is -0.497 e. The SMILES string of the molecule is COc1ccc(CNC(=O)c2cc(-c3ccncc3)cn2Cc2ccccc2C)cc1. The number of hydrogen-bond donors (Lipinski definition) is 1. The maximum Gasteiger partial charge on any atom is 0.268 e. The first kappa shape index (κ1) is 20.4. The molecule has 0 aliphatic carbocycles. The second-order valence-corrected chi connectivity index (χ2v) is 7.44. The van der Waals surface area contributed by atoms with Crippen LogP contribution in [0.3, 0.4) is 0 Å². The second-order valence-electron chi connectivity index (χ2n) is 7.44. The topological polar surface area (TPSA) is 56.1 Å². The Bertz CT molecular complexity index is 1160. The zero-order valence-electron chi connectivity index (χ0n) is 17.7. The van der Waals surface area contributed by atoms with Gasteiger partial charge in [-0.3, -0.25) is 9.78 Å². The normalized spacial score (nSPS) is 10.6. The first-order chi connectivity index (χ1) is 15.1. The van der Waals surface area contributed by atoms with Crippen LogP contribution < -0.4 is 10.1 Å². The van der Waals surface area contributed by atoms with Gasteiger partial charge >= 0.3 is 0 Å². The van der Waals surface area contributed by atoms with Gasteiger partial charge in [0.05, 0.1) is 7.11 Å². The summed E-state index contributed by atoms with van der Waals surface area (Å²) in [5.41, 5.74) is 6.05. The summed E-state index contributed by atoms with van der Waals surface area (Å²) in [4.78, 5) is 17.2. The second kappa shape index (κ2) is 9.30. The molecule has 0 aliphatic heterocycles. The monoisotopic (exact) mass is 411 g/mol. The van der Waals surface area contributed by atoms with Gasteiger partial charge in [0.1, 0.15) is 11.4 Å². The summed E-state index contributed by atoms with van der Waals surface area (Å²) < 4.78 is 7.21. The zero-order valence-corrected chi connectivity index (χ0v) is 17.7. The number of aromatic nitrogens is 2. The molecule has 5 nitrogen and oxygen atoms in total. The Hall–Kier alpha value is -3.86. The molecule has 0 radical (unpaired) electrons. The minimum atomic E-state index is -0.107. The summed E-state index contributed by atoms with van der Waals surface area (Å²) >= 11 is 0. The number of nitrogens with one attached hydrogen (secondary N) is 1. The van der Waals surface area contributed by atoms with Gasteiger partial charge in [-0.2, -0.15) is 0 Å². The molecule has 0 fully saturated rings. The van der Waals surface area contributed by atoms with E-state index >= 15 is 0 Å². The molecule has 0 atom stereocenters. The van der Waals surface area contributed by atoms with Crippen molar-refractivity contribution in [3.63, 3.8) is 0 Å². The van der Waals surface area contributed by atoms with Crippen molar-refractivity contribution in [3.8, 4) is 16.9 Å². The van der Waals surface area contributed by atoms with Gasteiger partial charge < -0.3 is 14.6 Å². The number of amides is 1. The number of pyridine rings is 1. The zero-order chi connectivity index (χ0) is 21.6. The van der Waals surface area contributed by atoms with Crippen LogP contribution in [0.1, 0.15) is 27.2 Å². The Kier molecular flexibility index (Phi) is 6.13. The third-order valence-corrected chi connectivity index (χ3v) is 5.36. The van der Waals surface area contributed by atoms with Crippen molar-refractivity contribution in [1.82, 2.24) is 14.9 Å². The van der Waals surface area contributed by atoms with E-state index in [0.717, 1.165) is 22.4 Å². The molecular formula is C26H25N3O2. The third kappa shape index (κ3) is 4.83. The molecular weight excluding hydrogens is 386 g/mol. The van der Waals surface area contributed by atoms with E-state index in [0.29, 0.717) is 18.8 Å². The standard InChI is InChI=1S/C26H25N3O2/c1-19-5-3-4-6-22(19)17-29-18-23(21-11-13-27-14-12-21)15-25(29)26(30)28-16-20-7-9-24(31-2)10-8-20/h3-15,18H,16-17H2,1-2H3,(H,28,30). The first-order valence-electron chi connectivity index (χ1n) is 10.2. The van der Waals surface area contributed by atoms with Crippen LogP contribution in [0.15, 0.2) is 85.3 Å². The molecule has 0 spiro atoms. The molecule has 2 aromatic carbocycles. The van der Waals surface area contributed by atoms with Crippen molar-refractivity contribution < 1.29 is 9.53 Å². The number of hydrogen-bond acceptors (Lipinski definition) is 3. The molecule has 2 aromatic heterocycles. The quantitative estimate of drug-likeness (QED) is 0.473. The maximum absolute atomic E-state index is 13.1. The number of benzene rings is 2. The summed E-state index contributed by atoms with van der Waals surface area (Å²) in [5, 5.41) is 3.05. The lowest BCUT2D eigenvalue weighted by atomic mass is 10.1. The fraction of sp³-hybridized carbons (Fsp3) is 0.154. The van der Waals surface area contributed by atoms with Crippen LogP contribution in [0.5, 0.6) is 5.75 Å². The fourth-order valence-electron chi connectivity index (χ4n) is 3.52. The number of aryl methyl sites for hydroxylation is 1. The van der Waals surface area contributed by atoms with Gasteiger partial charge in [-0.05, 0) is 59.5 Å². The molecule has 31 heavy (non-hydrogen) atoms. The van der Waals surface area contributed by atoms with Crippen molar-refractivity contribution in [2.24, 2.45) is 0 Å². The number of rotatable bonds is 7. The highest BCUT2D eigenvalue weighted by molar-refractivity contribution is 5.94. The fourth-order valence-corrected chi connectivity index (χ4v) is 3.52. The molecule has 0 saturated carbocycles. The van der Waals surface area contributed by atoms with Crippen LogP contribution in [-0.4, -0.2) is 22.6 Å². The van der Waals surface area contributed by atoms with Crippen LogP contribution in [0, 0.1) is 6.92 Å². The van der Waals surface area contributed by atoms with E-state index in [-0.39, 0.29) is 5.91 Å². The highest BCUT2D eigenvalue weighted by Gasteiger charge is 2.15. The van der Waals surface area contributed by atoms with Crippen LogP contribution >= 0.6 is 0 Å². The van der Waals surface area contributed by atoms with Crippen molar-refractivity contribution in [2.75, 3.05) is 7.11 Å². The van der Waals surface area contributed by atoms with Crippen molar-refractivity contribution in [1.29, 1.82) is 0 Å². The number of carbonyl (C=O) groups is 1. The number of methoxy groups -OCH3 is 1. The molecule has 156 valence electrons. The maximum atomic E-state index is 13.1. The highest BCUT2D eigenvalue weighted by Crippen LogP contribution is 2.23. The molecule has 0 unspecified atom stereocenters. The Morgan fingerprint density at radius 1 is 1.00 bits per heavy atom. The van der Waals surface area contributed by atoms with E-state index in [1.165, 1.54) is 11.1 Å². The van der Waals surface area contributed by atoms with E-state index in [2.05, 4.69) is 29.4 Å². The lowest BCUT2D eigenvalue weighted by molar-refractivity contribution is 0.0942. The third-order valence-electron chi connectivity index (χ3n) is 5.36. The molecule has 0 aliphatic rings. The van der Waals surface area contributed by atoms with Gasteiger partial charge in [0.2, 0.25) is 0 Å². The van der Waals surface area contributed by atoms with Gasteiger partial charge in [-0.15, -0.1) is 0 Å². The molecule has 4 rings (SSSR count). The Labute approximate surface area is 182 Å². The summed E-state index contributed by atoms with van der Waals surface area (Å²) in [6.45, 7) is 3.16. The summed E-state index contributed by atoms with van der Waals surface area (Å²) in [5.74, 6) is 0.689. The van der Waals surface area contributed by atoms with Crippen LogP contribution in [0.2, 0.25) is 0 Å². The van der Waals surface area contributed by atoms with E-state index in [1.807, 2.05) is 65.4 Å². The molecule has 4 aromatic rings. The summed E-state index contributed by atoms with van der Waals surface area (Å²) in [6.07, 6.45) is 5.55. The van der Waals surface area contributed by atoms with E-state index < -0.39 is 0 Å². The molecule has 0 bridgehead atoms. The van der Waals surface area contributed by atoms with Gasteiger partial charge in [-0.1, -0.05) is 36.4 Å². The molecule has 1 amide bonds. The average molecular weight is 412 g/mol. The predicted octanol–water partition coefficient (Wildman–Crippen LogP) is 4.85. The minimum absolute atomic E-state index is 0.107. The first-order valence-corrected chi connectivity index (χ1v) is 10.2. The lowest BCUT2D eigenvalue weighted by Gasteiger charge is -2.12. The Balaban J connectivity index is 1.60. The molecule has 5 heteroatoms. The molecule has 0 saturated heterocycles. The van der Waals surface area contributed by atoms with Gasteiger partial charge in [0, 0.05) is 37.2 Å². The van der Waals surface area contributed by atoms with Crippen LogP contribution in [0.4, 0.5) is 0 Å². The Morgan fingerprint density at radius 3 is 2.45 bits per heavy atom. The van der Waals surface area contributed by atoms with Gasteiger partial charge in [0.25, 0.3) is 5.91 Å². The van der Waals surface area contributed by atoms with E-state index in [4.69, 9.17) is 4.74 Å². The number of ether oxygens (including phenoxy) is 1. The van der Waals surface area contributed by atoms with Crippen molar-refractivity contribution in [2.45, 2.75) is 20.0 Å². The van der Waals surface area contributed by atoms with Gasteiger partial charge in [0.15, 0.2) is 0 Å². The van der Waals surface area contributed by atoms with Crippen LogP contribution in [0.25, 0.3) is 11.1 Å². The largest absolute Gasteiger partial charge is 0.497 e. The summed E-state index contributed by atoms with van der Waals surface area (Å²) in [6, 6.07) is 21.8.